The minimum absolute atomic E-state index is 0.0139. The molecule has 198 valence electrons. The van der Waals surface area contributed by atoms with Gasteiger partial charge in [-0.2, -0.15) is 5.26 Å². The summed E-state index contributed by atoms with van der Waals surface area (Å²) in [7, 11) is 0. The van der Waals surface area contributed by atoms with Gasteiger partial charge in [0.2, 0.25) is 5.91 Å². The van der Waals surface area contributed by atoms with Crippen LogP contribution in [0.5, 0.6) is 0 Å². The molecule has 4 aromatic rings. The van der Waals surface area contributed by atoms with Gasteiger partial charge in [0.1, 0.15) is 0 Å². The first-order chi connectivity index (χ1) is 19.1. The number of benzene rings is 3. The molecular formula is C32H33N5O2. The monoisotopic (exact) mass is 519 g/mol. The summed E-state index contributed by atoms with van der Waals surface area (Å²) in [4.78, 5) is 35.4. The Kier molecular flexibility index (Phi) is 8.02. The topological polar surface area (TPSA) is 82.2 Å². The zero-order valence-corrected chi connectivity index (χ0v) is 22.3. The Morgan fingerprint density at radius 2 is 1.82 bits per heavy atom. The van der Waals surface area contributed by atoms with Gasteiger partial charge >= 0.3 is 0 Å². The predicted molar refractivity (Wildman–Crippen MR) is 151 cm³/mol. The summed E-state index contributed by atoms with van der Waals surface area (Å²) < 4.78 is 1.99. The molecule has 3 aromatic carbocycles. The van der Waals surface area contributed by atoms with Crippen LogP contribution < -0.4 is 0 Å². The average molecular weight is 520 g/mol. The number of aromatic nitrogens is 2. The van der Waals surface area contributed by atoms with Crippen LogP contribution >= 0.6 is 0 Å². The lowest BCUT2D eigenvalue weighted by Gasteiger charge is -2.42. The average Bonchev–Trinajstić information content (AvgIpc) is 3.41. The molecule has 39 heavy (non-hydrogen) atoms. The molecule has 7 nitrogen and oxygen atoms in total. The molecule has 1 atom stereocenters. The van der Waals surface area contributed by atoms with E-state index in [-0.39, 0.29) is 24.3 Å². The first-order valence-corrected chi connectivity index (χ1v) is 13.6. The Bertz CT molecular complexity index is 1500. The Morgan fingerprint density at radius 1 is 1.03 bits per heavy atom. The lowest BCUT2D eigenvalue weighted by Crippen LogP contribution is -2.57. The second kappa shape index (κ2) is 12.0. The highest BCUT2D eigenvalue weighted by molar-refractivity contribution is 6.07. The zero-order valence-electron chi connectivity index (χ0n) is 22.3. The van der Waals surface area contributed by atoms with E-state index in [2.05, 4.69) is 18.0 Å². The van der Waals surface area contributed by atoms with Crippen LogP contribution in [0.2, 0.25) is 0 Å². The molecule has 0 bridgehead atoms. The van der Waals surface area contributed by atoms with Gasteiger partial charge in [-0.1, -0.05) is 68.3 Å². The molecule has 1 aliphatic heterocycles. The van der Waals surface area contributed by atoms with Crippen molar-refractivity contribution in [1.29, 1.82) is 5.26 Å². The predicted octanol–water partition coefficient (Wildman–Crippen LogP) is 5.04. The van der Waals surface area contributed by atoms with Crippen molar-refractivity contribution in [3.8, 4) is 6.07 Å². The molecule has 0 unspecified atom stereocenters. The number of fused-ring (bicyclic) bond motifs is 1. The fourth-order valence-electron chi connectivity index (χ4n) is 5.41. The molecule has 1 aliphatic rings. The molecule has 1 aromatic heterocycles. The van der Waals surface area contributed by atoms with E-state index in [0.29, 0.717) is 37.3 Å². The van der Waals surface area contributed by atoms with E-state index in [1.165, 1.54) is 0 Å². The minimum atomic E-state index is -0.0139. The number of unbranched alkanes of at least 4 members (excludes halogenated alkanes) is 1. The van der Waals surface area contributed by atoms with Gasteiger partial charge in [-0.3, -0.25) is 9.59 Å². The lowest BCUT2D eigenvalue weighted by atomic mass is 10.0. The maximum atomic E-state index is 13.6. The fourth-order valence-corrected chi connectivity index (χ4v) is 5.41. The number of amides is 2. The maximum Gasteiger partial charge on any atom is 0.254 e. The van der Waals surface area contributed by atoms with Gasteiger partial charge in [0.05, 0.1) is 24.4 Å². The van der Waals surface area contributed by atoms with Gasteiger partial charge in [0, 0.05) is 49.7 Å². The summed E-state index contributed by atoms with van der Waals surface area (Å²) in [5, 5.41) is 11.1. The van der Waals surface area contributed by atoms with Crippen LogP contribution in [0.4, 0.5) is 0 Å². The zero-order chi connectivity index (χ0) is 27.2. The van der Waals surface area contributed by atoms with Crippen LogP contribution in [0, 0.1) is 11.3 Å². The SMILES string of the molecule is CCCC[C@H]1CN(C(=O)c2cccc3ccccc23)CCN1C(=O)Cc1cncn1Cc1ccc(C#N)cc1. The normalized spacial score (nSPS) is 15.3. The van der Waals surface area contributed by atoms with E-state index >= 15 is 0 Å². The van der Waals surface area contributed by atoms with Crippen molar-refractivity contribution in [2.24, 2.45) is 0 Å². The Morgan fingerprint density at radius 3 is 2.62 bits per heavy atom. The third kappa shape index (κ3) is 5.85. The first-order valence-electron chi connectivity index (χ1n) is 13.6. The molecule has 0 spiro atoms. The second-order valence-corrected chi connectivity index (χ2v) is 10.2. The number of rotatable bonds is 8. The smallest absolute Gasteiger partial charge is 0.254 e. The summed E-state index contributed by atoms with van der Waals surface area (Å²) in [6.45, 7) is 4.31. The summed E-state index contributed by atoms with van der Waals surface area (Å²) in [5.74, 6) is 0.0934. The standard InChI is InChI=1S/C32H33N5O2/c1-2-3-9-27-22-35(32(39)30-11-6-8-26-7-4-5-10-29(26)30)16-17-37(27)31(38)18-28-20-34-23-36(28)21-25-14-12-24(19-33)13-15-25/h4-8,10-15,20,23,27H,2-3,9,16-18,21-22H2,1H3/t27-/m0/s1. The van der Waals surface area contributed by atoms with Crippen LogP contribution in [-0.2, 0) is 17.8 Å². The van der Waals surface area contributed by atoms with Gasteiger partial charge in [0.15, 0.2) is 0 Å². The van der Waals surface area contributed by atoms with Crippen LogP contribution in [-0.4, -0.2) is 56.8 Å². The summed E-state index contributed by atoms with van der Waals surface area (Å²) >= 11 is 0. The number of nitriles is 1. The number of imidazole rings is 1. The van der Waals surface area contributed by atoms with Crippen LogP contribution in [0.1, 0.15) is 53.4 Å². The van der Waals surface area contributed by atoms with Crippen molar-refractivity contribution in [1.82, 2.24) is 19.4 Å². The van der Waals surface area contributed by atoms with Crippen molar-refractivity contribution in [3.63, 3.8) is 0 Å². The first kappa shape index (κ1) is 26.2. The number of nitrogens with zero attached hydrogens (tertiary/aromatic N) is 5. The Hall–Kier alpha value is -4.44. The molecule has 7 heteroatoms. The van der Waals surface area contributed by atoms with E-state index in [9.17, 15) is 9.59 Å². The fraction of sp³-hybridized carbons (Fsp3) is 0.312. The highest BCUT2D eigenvalue weighted by Crippen LogP contribution is 2.23. The summed E-state index contributed by atoms with van der Waals surface area (Å²) in [5.41, 5.74) is 3.24. The minimum Gasteiger partial charge on any atom is -0.336 e. The van der Waals surface area contributed by atoms with E-state index in [1.54, 1.807) is 24.7 Å². The highest BCUT2D eigenvalue weighted by Gasteiger charge is 2.33. The van der Waals surface area contributed by atoms with Crippen LogP contribution in [0.15, 0.2) is 79.3 Å². The van der Waals surface area contributed by atoms with Gasteiger partial charge in [-0.15, -0.1) is 0 Å². The molecule has 0 saturated carbocycles. The van der Waals surface area contributed by atoms with Gasteiger partial charge in [-0.25, -0.2) is 4.98 Å². The number of carbonyl (C=O) groups excluding carboxylic acids is 2. The number of hydrogen-bond acceptors (Lipinski definition) is 4. The molecule has 0 aliphatic carbocycles. The summed E-state index contributed by atoms with van der Waals surface area (Å²) in [6.07, 6.45) is 6.66. The van der Waals surface area contributed by atoms with Gasteiger partial charge in [-0.05, 0) is 41.0 Å². The Balaban J connectivity index is 1.29. The number of hydrogen-bond donors (Lipinski definition) is 0. The van der Waals surface area contributed by atoms with Gasteiger partial charge in [0.25, 0.3) is 5.91 Å². The largest absolute Gasteiger partial charge is 0.336 e. The number of piperazine rings is 1. The number of carbonyl (C=O) groups is 2. The third-order valence-electron chi connectivity index (χ3n) is 7.57. The van der Waals surface area contributed by atoms with Crippen molar-refractivity contribution >= 4 is 22.6 Å². The molecule has 2 amide bonds. The van der Waals surface area contributed by atoms with Crippen LogP contribution in [0.3, 0.4) is 0 Å². The Labute approximate surface area is 229 Å². The lowest BCUT2D eigenvalue weighted by molar-refractivity contribution is -0.135. The van der Waals surface area contributed by atoms with Crippen molar-refractivity contribution < 1.29 is 9.59 Å². The molecule has 0 N–H and O–H groups in total. The maximum absolute atomic E-state index is 13.6. The molecule has 0 radical (unpaired) electrons. The van der Waals surface area contributed by atoms with E-state index in [0.717, 1.165) is 41.3 Å². The molecule has 2 heterocycles. The molecule has 1 saturated heterocycles. The molecule has 1 fully saturated rings. The summed E-state index contributed by atoms with van der Waals surface area (Å²) in [6, 6.07) is 23.4. The highest BCUT2D eigenvalue weighted by atomic mass is 16.2. The third-order valence-corrected chi connectivity index (χ3v) is 7.57. The van der Waals surface area contributed by atoms with E-state index in [4.69, 9.17) is 5.26 Å². The van der Waals surface area contributed by atoms with Crippen molar-refractivity contribution in [2.45, 2.75) is 45.2 Å². The van der Waals surface area contributed by atoms with Crippen molar-refractivity contribution in [2.75, 3.05) is 19.6 Å². The quantitative estimate of drug-likeness (QED) is 0.327. The van der Waals surface area contributed by atoms with Crippen molar-refractivity contribution in [3.05, 3.63) is 102 Å². The molecular weight excluding hydrogens is 486 g/mol. The van der Waals surface area contributed by atoms with E-state index in [1.807, 2.05) is 69.0 Å². The van der Waals surface area contributed by atoms with Crippen LogP contribution in [0.25, 0.3) is 10.8 Å². The molecule has 5 rings (SSSR count). The van der Waals surface area contributed by atoms with E-state index < -0.39 is 0 Å². The van der Waals surface area contributed by atoms with Gasteiger partial charge < -0.3 is 14.4 Å². The second-order valence-electron chi connectivity index (χ2n) is 10.2.